The number of rotatable bonds is 1. The second-order valence-corrected chi connectivity index (χ2v) is 5.85. The molecule has 0 saturated carbocycles. The molecular weight excluding hydrogens is 278 g/mol. The van der Waals surface area contributed by atoms with Gasteiger partial charge in [0.25, 0.3) is 0 Å². The van der Waals surface area contributed by atoms with Crippen LogP contribution in [0.4, 0.5) is 5.69 Å². The summed E-state index contributed by atoms with van der Waals surface area (Å²) in [5.41, 5.74) is 9.22. The highest BCUT2D eigenvalue weighted by molar-refractivity contribution is 5.93. The van der Waals surface area contributed by atoms with Crippen LogP contribution >= 0.6 is 0 Å². The maximum atomic E-state index is 13.0. The SMILES string of the molecule is Cc1nc2ccc(N)cc2n1C(=O)C1CCn2cncc2C1. The molecule has 3 heterocycles. The van der Waals surface area contributed by atoms with Gasteiger partial charge in [0.05, 0.1) is 17.4 Å². The van der Waals surface area contributed by atoms with E-state index in [2.05, 4.69) is 14.5 Å². The fourth-order valence-electron chi connectivity index (χ4n) is 3.25. The lowest BCUT2D eigenvalue weighted by molar-refractivity contribution is 0.0815. The molecule has 6 heteroatoms. The van der Waals surface area contributed by atoms with Gasteiger partial charge >= 0.3 is 0 Å². The van der Waals surface area contributed by atoms with Gasteiger partial charge in [-0.05, 0) is 31.5 Å². The van der Waals surface area contributed by atoms with E-state index in [-0.39, 0.29) is 11.8 Å². The maximum absolute atomic E-state index is 13.0. The number of hydrogen-bond donors (Lipinski definition) is 1. The zero-order valence-electron chi connectivity index (χ0n) is 12.4. The second-order valence-electron chi connectivity index (χ2n) is 5.85. The molecule has 3 aromatic rings. The number of carbonyl (C=O) groups excluding carboxylic acids is 1. The molecule has 2 aromatic heterocycles. The first kappa shape index (κ1) is 13.1. The summed E-state index contributed by atoms with van der Waals surface area (Å²) >= 11 is 0. The number of hydrogen-bond acceptors (Lipinski definition) is 4. The van der Waals surface area contributed by atoms with Crippen molar-refractivity contribution in [2.24, 2.45) is 5.92 Å². The largest absolute Gasteiger partial charge is 0.399 e. The average molecular weight is 295 g/mol. The van der Waals surface area contributed by atoms with Crippen molar-refractivity contribution >= 4 is 22.6 Å². The highest BCUT2D eigenvalue weighted by Gasteiger charge is 2.28. The van der Waals surface area contributed by atoms with Crippen molar-refractivity contribution in [3.63, 3.8) is 0 Å². The minimum Gasteiger partial charge on any atom is -0.399 e. The van der Waals surface area contributed by atoms with Gasteiger partial charge in [0, 0.05) is 36.5 Å². The third-order valence-electron chi connectivity index (χ3n) is 4.39. The van der Waals surface area contributed by atoms with Crippen LogP contribution in [0, 0.1) is 12.8 Å². The number of imidazole rings is 2. The molecule has 112 valence electrons. The lowest BCUT2D eigenvalue weighted by Crippen LogP contribution is -2.29. The number of nitrogens with two attached hydrogens (primary N) is 1. The van der Waals surface area contributed by atoms with Crippen molar-refractivity contribution in [2.75, 3.05) is 5.73 Å². The van der Waals surface area contributed by atoms with Gasteiger partial charge in [-0.1, -0.05) is 0 Å². The Labute approximate surface area is 127 Å². The van der Waals surface area contributed by atoms with Gasteiger partial charge in [-0.3, -0.25) is 9.36 Å². The van der Waals surface area contributed by atoms with Crippen molar-refractivity contribution in [1.29, 1.82) is 0 Å². The molecule has 1 atom stereocenters. The molecule has 0 fully saturated rings. The van der Waals surface area contributed by atoms with Gasteiger partial charge in [-0.2, -0.15) is 0 Å². The molecule has 0 amide bonds. The molecule has 0 aliphatic carbocycles. The van der Waals surface area contributed by atoms with Crippen LogP contribution in [0.1, 0.15) is 22.7 Å². The van der Waals surface area contributed by atoms with Crippen molar-refractivity contribution in [3.8, 4) is 0 Å². The van der Waals surface area contributed by atoms with Gasteiger partial charge in [-0.15, -0.1) is 0 Å². The van der Waals surface area contributed by atoms with Crippen LogP contribution in [0.25, 0.3) is 11.0 Å². The summed E-state index contributed by atoms with van der Waals surface area (Å²) in [7, 11) is 0. The van der Waals surface area contributed by atoms with Crippen LogP contribution in [-0.2, 0) is 13.0 Å². The number of benzene rings is 1. The summed E-state index contributed by atoms with van der Waals surface area (Å²) in [4.78, 5) is 21.6. The molecule has 0 spiro atoms. The van der Waals surface area contributed by atoms with E-state index in [1.54, 1.807) is 4.57 Å². The molecule has 0 saturated heterocycles. The Balaban J connectivity index is 1.74. The summed E-state index contributed by atoms with van der Waals surface area (Å²) in [6, 6.07) is 5.49. The molecule has 22 heavy (non-hydrogen) atoms. The highest BCUT2D eigenvalue weighted by atomic mass is 16.2. The quantitative estimate of drug-likeness (QED) is 0.697. The smallest absolute Gasteiger partial charge is 0.236 e. The van der Waals surface area contributed by atoms with Crippen molar-refractivity contribution in [3.05, 3.63) is 42.2 Å². The number of aromatic nitrogens is 4. The first-order chi connectivity index (χ1) is 10.6. The Morgan fingerprint density at radius 2 is 2.27 bits per heavy atom. The van der Waals surface area contributed by atoms with Crippen LogP contribution in [0.2, 0.25) is 0 Å². The van der Waals surface area contributed by atoms with Crippen LogP contribution in [0.5, 0.6) is 0 Å². The van der Waals surface area contributed by atoms with Gasteiger partial charge in [0.15, 0.2) is 0 Å². The normalized spacial score (nSPS) is 17.6. The lowest BCUT2D eigenvalue weighted by Gasteiger charge is -2.23. The van der Waals surface area contributed by atoms with E-state index >= 15 is 0 Å². The predicted octanol–water partition coefficient (Wildman–Crippen LogP) is 2.03. The van der Waals surface area contributed by atoms with Gasteiger partial charge in [0.2, 0.25) is 5.91 Å². The monoisotopic (exact) mass is 295 g/mol. The predicted molar refractivity (Wildman–Crippen MR) is 83.5 cm³/mol. The Hall–Kier alpha value is -2.63. The third kappa shape index (κ3) is 1.91. The Bertz CT molecular complexity index is 876. The van der Waals surface area contributed by atoms with Gasteiger partial charge < -0.3 is 10.3 Å². The summed E-state index contributed by atoms with van der Waals surface area (Å²) in [6.07, 6.45) is 5.22. The molecule has 0 bridgehead atoms. The van der Waals surface area contributed by atoms with E-state index in [9.17, 15) is 4.79 Å². The van der Waals surface area contributed by atoms with Gasteiger partial charge in [-0.25, -0.2) is 9.97 Å². The molecule has 1 unspecified atom stereocenters. The molecule has 2 N–H and O–H groups in total. The van der Waals surface area contributed by atoms with Crippen LogP contribution in [-0.4, -0.2) is 25.0 Å². The average Bonchev–Trinajstić information content (AvgIpc) is 3.08. The molecular formula is C16H17N5O. The van der Waals surface area contributed by atoms with E-state index in [4.69, 9.17) is 5.73 Å². The molecule has 1 aliphatic heterocycles. The fraction of sp³-hybridized carbons (Fsp3) is 0.312. The minimum atomic E-state index is -0.0401. The zero-order chi connectivity index (χ0) is 15.3. The third-order valence-corrected chi connectivity index (χ3v) is 4.39. The van der Waals surface area contributed by atoms with E-state index in [1.807, 2.05) is 37.6 Å². The molecule has 6 nitrogen and oxygen atoms in total. The van der Waals surface area contributed by atoms with Crippen LogP contribution < -0.4 is 5.73 Å². The van der Waals surface area contributed by atoms with E-state index < -0.39 is 0 Å². The standard InChI is InChI=1S/C16H17N5O/c1-10-19-14-3-2-12(17)7-15(14)21(10)16(22)11-4-5-20-9-18-8-13(20)6-11/h2-3,7-9,11H,4-6,17H2,1H3. The minimum absolute atomic E-state index is 0.0401. The Morgan fingerprint density at radius 1 is 1.41 bits per heavy atom. The van der Waals surface area contributed by atoms with Crippen molar-refractivity contribution in [2.45, 2.75) is 26.3 Å². The summed E-state index contributed by atoms with van der Waals surface area (Å²) in [5, 5.41) is 0. The van der Waals surface area contributed by atoms with Crippen molar-refractivity contribution < 1.29 is 4.79 Å². The number of carbonyl (C=O) groups is 1. The van der Waals surface area contributed by atoms with Crippen molar-refractivity contribution in [1.82, 2.24) is 19.1 Å². The highest BCUT2D eigenvalue weighted by Crippen LogP contribution is 2.25. The van der Waals surface area contributed by atoms with Gasteiger partial charge in [0.1, 0.15) is 5.82 Å². The van der Waals surface area contributed by atoms with E-state index in [0.717, 1.165) is 36.1 Å². The maximum Gasteiger partial charge on any atom is 0.236 e. The molecule has 1 aromatic carbocycles. The molecule has 1 aliphatic rings. The number of anilines is 1. The second kappa shape index (κ2) is 4.69. The molecule has 0 radical (unpaired) electrons. The topological polar surface area (TPSA) is 78.7 Å². The first-order valence-corrected chi connectivity index (χ1v) is 7.41. The summed E-state index contributed by atoms with van der Waals surface area (Å²) < 4.78 is 3.82. The number of fused-ring (bicyclic) bond motifs is 2. The number of nitrogen functional groups attached to an aromatic ring is 1. The summed E-state index contributed by atoms with van der Waals surface area (Å²) in [5.74, 6) is 0.768. The lowest BCUT2D eigenvalue weighted by atomic mass is 9.95. The van der Waals surface area contributed by atoms with E-state index in [1.165, 1.54) is 0 Å². The Morgan fingerprint density at radius 3 is 3.14 bits per heavy atom. The fourth-order valence-corrected chi connectivity index (χ4v) is 3.25. The first-order valence-electron chi connectivity index (χ1n) is 7.41. The zero-order valence-corrected chi connectivity index (χ0v) is 12.4. The Kier molecular flexibility index (Phi) is 2.79. The summed E-state index contributed by atoms with van der Waals surface area (Å²) in [6.45, 7) is 2.70. The van der Waals surface area contributed by atoms with E-state index in [0.29, 0.717) is 11.5 Å². The van der Waals surface area contributed by atoms with Crippen LogP contribution in [0.3, 0.4) is 0 Å². The van der Waals surface area contributed by atoms with Crippen LogP contribution in [0.15, 0.2) is 30.7 Å². The molecule has 4 rings (SSSR count). The number of aryl methyl sites for hydroxylation is 2. The number of nitrogens with zero attached hydrogens (tertiary/aromatic N) is 4.